The molecule has 1 aromatic heterocycles. The predicted octanol–water partition coefficient (Wildman–Crippen LogP) is 2.44. The lowest BCUT2D eigenvalue weighted by molar-refractivity contribution is -0.105. The molecule has 0 aliphatic rings. The molecule has 2 rings (SSSR count). The van der Waals surface area contributed by atoms with Crippen molar-refractivity contribution in [2.75, 3.05) is 5.32 Å². The highest BCUT2D eigenvalue weighted by Crippen LogP contribution is 2.21. The molecule has 16 heavy (non-hydrogen) atoms. The smallest absolute Gasteiger partial charge is 0.211 e. The minimum absolute atomic E-state index is 0.638. The molecule has 1 heterocycles. The van der Waals surface area contributed by atoms with Gasteiger partial charge in [-0.15, -0.1) is 0 Å². The number of carbonyl (C=O) groups is 1. The van der Waals surface area contributed by atoms with E-state index in [0.29, 0.717) is 12.2 Å². The number of benzene rings is 1. The number of anilines is 1. The first kappa shape index (κ1) is 10.2. The van der Waals surface area contributed by atoms with Gasteiger partial charge in [-0.3, -0.25) is 9.78 Å². The first-order valence-corrected chi connectivity index (χ1v) is 4.76. The highest BCUT2D eigenvalue weighted by Gasteiger charge is 1.96. The van der Waals surface area contributed by atoms with Crippen LogP contribution >= 0.6 is 0 Å². The van der Waals surface area contributed by atoms with Crippen LogP contribution in [0.5, 0.6) is 11.5 Å². The summed E-state index contributed by atoms with van der Waals surface area (Å²) < 4.78 is 5.56. The second-order valence-corrected chi connectivity index (χ2v) is 3.07. The van der Waals surface area contributed by atoms with Gasteiger partial charge in [0.2, 0.25) is 6.41 Å². The Balaban J connectivity index is 2.08. The molecule has 0 spiro atoms. The summed E-state index contributed by atoms with van der Waals surface area (Å²) in [6, 6.07) is 10.7. The lowest BCUT2D eigenvalue weighted by atomic mass is 10.3. The van der Waals surface area contributed by atoms with E-state index in [9.17, 15) is 4.79 Å². The number of rotatable bonds is 4. The number of nitrogens with zero attached hydrogens (tertiary/aromatic N) is 1. The molecular formula is C12H10N2O2. The van der Waals surface area contributed by atoms with E-state index in [2.05, 4.69) is 10.3 Å². The van der Waals surface area contributed by atoms with Gasteiger partial charge in [-0.2, -0.15) is 0 Å². The molecule has 0 saturated heterocycles. The van der Waals surface area contributed by atoms with Crippen LogP contribution in [-0.2, 0) is 4.79 Å². The second-order valence-electron chi connectivity index (χ2n) is 3.07. The Morgan fingerprint density at radius 1 is 1.00 bits per heavy atom. The van der Waals surface area contributed by atoms with Crippen molar-refractivity contribution >= 4 is 12.1 Å². The minimum Gasteiger partial charge on any atom is -0.457 e. The third kappa shape index (κ3) is 2.57. The van der Waals surface area contributed by atoms with Crippen molar-refractivity contribution < 1.29 is 9.53 Å². The standard InChI is InChI=1S/C12H10N2O2/c15-9-14-10-1-3-11(4-2-10)16-12-5-7-13-8-6-12/h1-9H,(H,14,15). The number of carbonyl (C=O) groups excluding carboxylic acids is 1. The molecule has 0 radical (unpaired) electrons. The summed E-state index contributed by atoms with van der Waals surface area (Å²) in [5.41, 5.74) is 0.733. The van der Waals surface area contributed by atoms with Crippen molar-refractivity contribution in [2.45, 2.75) is 0 Å². The van der Waals surface area contributed by atoms with Crippen molar-refractivity contribution in [2.24, 2.45) is 0 Å². The summed E-state index contributed by atoms with van der Waals surface area (Å²) in [5, 5.41) is 2.55. The number of hydrogen-bond donors (Lipinski definition) is 1. The largest absolute Gasteiger partial charge is 0.457 e. The number of pyridine rings is 1. The lowest BCUT2D eigenvalue weighted by Crippen LogP contribution is -1.92. The van der Waals surface area contributed by atoms with Gasteiger partial charge in [0.05, 0.1) is 0 Å². The molecule has 0 bridgehead atoms. The van der Waals surface area contributed by atoms with Crippen LogP contribution in [0.2, 0.25) is 0 Å². The molecule has 0 aliphatic carbocycles. The van der Waals surface area contributed by atoms with Crippen LogP contribution in [0, 0.1) is 0 Å². The minimum atomic E-state index is 0.638. The van der Waals surface area contributed by atoms with Crippen LogP contribution in [0.25, 0.3) is 0 Å². The van der Waals surface area contributed by atoms with Gasteiger partial charge < -0.3 is 10.1 Å². The monoisotopic (exact) mass is 214 g/mol. The topological polar surface area (TPSA) is 51.2 Å². The van der Waals surface area contributed by atoms with Gasteiger partial charge in [-0.05, 0) is 36.4 Å². The molecule has 80 valence electrons. The van der Waals surface area contributed by atoms with Gasteiger partial charge in [-0.1, -0.05) is 0 Å². The van der Waals surface area contributed by atoms with Crippen molar-refractivity contribution in [3.05, 3.63) is 48.8 Å². The van der Waals surface area contributed by atoms with E-state index < -0.39 is 0 Å². The first-order chi connectivity index (χ1) is 7.88. The summed E-state index contributed by atoms with van der Waals surface area (Å²) in [6.45, 7) is 0. The number of ether oxygens (including phenoxy) is 1. The Morgan fingerprint density at radius 3 is 2.25 bits per heavy atom. The van der Waals surface area contributed by atoms with Gasteiger partial charge in [0.25, 0.3) is 0 Å². The van der Waals surface area contributed by atoms with Crippen LogP contribution in [-0.4, -0.2) is 11.4 Å². The number of aromatic nitrogens is 1. The van der Waals surface area contributed by atoms with Crippen LogP contribution < -0.4 is 10.1 Å². The average molecular weight is 214 g/mol. The Bertz CT molecular complexity index is 454. The maximum absolute atomic E-state index is 10.2. The van der Waals surface area contributed by atoms with E-state index in [1.165, 1.54) is 0 Å². The zero-order valence-corrected chi connectivity index (χ0v) is 8.46. The molecule has 1 amide bonds. The fraction of sp³-hybridized carbons (Fsp3) is 0. The maximum atomic E-state index is 10.2. The normalized spacial score (nSPS) is 9.50. The van der Waals surface area contributed by atoms with E-state index in [4.69, 9.17) is 4.74 Å². The molecule has 0 saturated carbocycles. The van der Waals surface area contributed by atoms with Crippen molar-refractivity contribution in [3.63, 3.8) is 0 Å². The van der Waals surface area contributed by atoms with E-state index in [0.717, 1.165) is 11.4 Å². The van der Waals surface area contributed by atoms with Crippen LogP contribution in [0.15, 0.2) is 48.8 Å². The van der Waals surface area contributed by atoms with Crippen LogP contribution in [0.3, 0.4) is 0 Å². The third-order valence-electron chi connectivity index (χ3n) is 1.97. The number of hydrogen-bond acceptors (Lipinski definition) is 3. The van der Waals surface area contributed by atoms with E-state index in [1.807, 2.05) is 0 Å². The average Bonchev–Trinajstić information content (AvgIpc) is 2.33. The number of amides is 1. The highest BCUT2D eigenvalue weighted by atomic mass is 16.5. The van der Waals surface area contributed by atoms with Crippen molar-refractivity contribution in [1.29, 1.82) is 0 Å². The van der Waals surface area contributed by atoms with Crippen molar-refractivity contribution in [1.82, 2.24) is 4.98 Å². The first-order valence-electron chi connectivity index (χ1n) is 4.76. The second kappa shape index (κ2) is 4.93. The number of nitrogens with one attached hydrogen (secondary N) is 1. The van der Waals surface area contributed by atoms with Gasteiger partial charge in [0.1, 0.15) is 11.5 Å². The van der Waals surface area contributed by atoms with Crippen LogP contribution in [0.1, 0.15) is 0 Å². The lowest BCUT2D eigenvalue weighted by Gasteiger charge is -2.05. The third-order valence-corrected chi connectivity index (χ3v) is 1.97. The molecule has 0 aliphatic heterocycles. The van der Waals surface area contributed by atoms with Gasteiger partial charge in [-0.25, -0.2) is 0 Å². The zero-order chi connectivity index (χ0) is 11.2. The van der Waals surface area contributed by atoms with E-state index in [1.54, 1.807) is 48.8 Å². The van der Waals surface area contributed by atoms with Crippen molar-refractivity contribution in [3.8, 4) is 11.5 Å². The zero-order valence-electron chi connectivity index (χ0n) is 8.46. The Hall–Kier alpha value is -2.36. The summed E-state index contributed by atoms with van der Waals surface area (Å²) in [4.78, 5) is 14.1. The predicted molar refractivity (Wildman–Crippen MR) is 60.4 cm³/mol. The SMILES string of the molecule is O=CNc1ccc(Oc2ccncc2)cc1. The molecule has 4 heteroatoms. The summed E-state index contributed by atoms with van der Waals surface area (Å²) in [5.74, 6) is 1.44. The molecule has 2 aromatic rings. The molecule has 0 atom stereocenters. The molecule has 1 N–H and O–H groups in total. The van der Waals surface area contributed by atoms with Gasteiger partial charge in [0.15, 0.2) is 0 Å². The van der Waals surface area contributed by atoms with Gasteiger partial charge in [0, 0.05) is 18.1 Å². The Morgan fingerprint density at radius 2 is 1.62 bits per heavy atom. The highest BCUT2D eigenvalue weighted by molar-refractivity contribution is 5.71. The molecule has 0 fully saturated rings. The Labute approximate surface area is 92.9 Å². The summed E-state index contributed by atoms with van der Waals surface area (Å²) >= 11 is 0. The molecule has 0 unspecified atom stereocenters. The maximum Gasteiger partial charge on any atom is 0.211 e. The fourth-order valence-corrected chi connectivity index (χ4v) is 1.23. The van der Waals surface area contributed by atoms with Crippen LogP contribution in [0.4, 0.5) is 5.69 Å². The van der Waals surface area contributed by atoms with E-state index in [-0.39, 0.29) is 0 Å². The molecule has 1 aromatic carbocycles. The quantitative estimate of drug-likeness (QED) is 0.795. The molecular weight excluding hydrogens is 204 g/mol. The summed E-state index contributed by atoms with van der Waals surface area (Å²) in [6.07, 6.45) is 3.97. The fourth-order valence-electron chi connectivity index (χ4n) is 1.23. The van der Waals surface area contributed by atoms with Gasteiger partial charge >= 0.3 is 0 Å². The summed E-state index contributed by atoms with van der Waals surface area (Å²) in [7, 11) is 0. The van der Waals surface area contributed by atoms with E-state index >= 15 is 0 Å². The molecule has 4 nitrogen and oxygen atoms in total. The Kier molecular flexibility index (Phi) is 3.13.